The van der Waals surface area contributed by atoms with Gasteiger partial charge >= 0.3 is 0 Å². The van der Waals surface area contributed by atoms with Crippen LogP contribution in [0.1, 0.15) is 24.0 Å². The van der Waals surface area contributed by atoms with Crippen LogP contribution in [-0.2, 0) is 13.1 Å². The molecule has 0 N–H and O–H groups in total. The van der Waals surface area contributed by atoms with Gasteiger partial charge in [-0.3, -0.25) is 9.48 Å². The van der Waals surface area contributed by atoms with Crippen LogP contribution in [0.3, 0.4) is 0 Å². The normalized spacial score (nSPS) is 11.4. The maximum atomic E-state index is 12.5. The van der Waals surface area contributed by atoms with E-state index < -0.39 is 0 Å². The maximum Gasteiger partial charge on any atom is 0.276 e. The lowest BCUT2D eigenvalue weighted by molar-refractivity contribution is 0.589. The first-order valence-corrected chi connectivity index (χ1v) is 7.57. The number of aryl methyl sites for hydroxylation is 3. The highest BCUT2D eigenvalue weighted by Gasteiger charge is 2.14. The fourth-order valence-corrected chi connectivity index (χ4v) is 2.86. The molecule has 0 spiro atoms. The second-order valence-electron chi connectivity index (χ2n) is 5.01. The molecule has 21 heavy (non-hydrogen) atoms. The van der Waals surface area contributed by atoms with Crippen molar-refractivity contribution in [3.63, 3.8) is 0 Å². The van der Waals surface area contributed by atoms with Gasteiger partial charge in [0.2, 0.25) is 0 Å². The zero-order chi connectivity index (χ0) is 15.1. The van der Waals surface area contributed by atoms with Crippen LogP contribution in [0, 0.1) is 13.8 Å². The third-order valence-corrected chi connectivity index (χ3v) is 4.53. The summed E-state index contributed by atoms with van der Waals surface area (Å²) in [6.45, 7) is 7.11. The number of hydrogen-bond donors (Lipinski definition) is 0. The first-order valence-electron chi connectivity index (χ1n) is 6.78. The number of halogens is 1. The Morgan fingerprint density at radius 2 is 2.00 bits per heavy atom. The molecule has 0 radical (unpaired) electrons. The van der Waals surface area contributed by atoms with Crippen LogP contribution >= 0.6 is 15.9 Å². The van der Waals surface area contributed by atoms with E-state index in [1.54, 1.807) is 27.5 Å². The van der Waals surface area contributed by atoms with Gasteiger partial charge in [0.1, 0.15) is 5.52 Å². The van der Waals surface area contributed by atoms with Crippen molar-refractivity contribution < 1.29 is 0 Å². The van der Waals surface area contributed by atoms with Crippen molar-refractivity contribution in [2.24, 2.45) is 0 Å². The molecule has 0 atom stereocenters. The van der Waals surface area contributed by atoms with Crippen molar-refractivity contribution in [1.29, 1.82) is 0 Å². The van der Waals surface area contributed by atoms with E-state index >= 15 is 0 Å². The van der Waals surface area contributed by atoms with Crippen molar-refractivity contribution in [2.45, 2.75) is 33.9 Å². The SMILES string of the molecule is CCn1nc(C)c(Br)c1Cn1ccn2nc(C)cc2c1=O. The molecule has 3 aromatic rings. The van der Waals surface area contributed by atoms with Gasteiger partial charge in [0.05, 0.1) is 28.1 Å². The van der Waals surface area contributed by atoms with Crippen LogP contribution < -0.4 is 5.56 Å². The number of rotatable bonds is 3. The molecule has 110 valence electrons. The van der Waals surface area contributed by atoms with Crippen molar-refractivity contribution in [3.8, 4) is 0 Å². The summed E-state index contributed by atoms with van der Waals surface area (Å²) in [4.78, 5) is 12.5. The summed E-state index contributed by atoms with van der Waals surface area (Å²) in [5.41, 5.74) is 3.30. The first-order chi connectivity index (χ1) is 10.0. The Kier molecular flexibility index (Phi) is 3.44. The fraction of sp³-hybridized carbons (Fsp3) is 0.357. The van der Waals surface area contributed by atoms with Gasteiger partial charge in [-0.25, -0.2) is 4.52 Å². The number of fused-ring (bicyclic) bond motifs is 1. The molecule has 0 unspecified atom stereocenters. The van der Waals surface area contributed by atoms with Gasteiger partial charge in [0.15, 0.2) is 0 Å². The molecule has 0 fully saturated rings. The zero-order valence-electron chi connectivity index (χ0n) is 12.2. The van der Waals surface area contributed by atoms with Gasteiger partial charge in [-0.05, 0) is 42.8 Å². The molecule has 0 saturated heterocycles. The molecule has 0 saturated carbocycles. The Morgan fingerprint density at radius 3 is 2.71 bits per heavy atom. The van der Waals surface area contributed by atoms with Crippen molar-refractivity contribution in [3.05, 3.63) is 50.4 Å². The summed E-state index contributed by atoms with van der Waals surface area (Å²) >= 11 is 3.56. The average Bonchev–Trinajstić information content (AvgIpc) is 2.96. The lowest BCUT2D eigenvalue weighted by Crippen LogP contribution is -2.23. The molecule has 0 aliphatic carbocycles. The van der Waals surface area contributed by atoms with Crippen molar-refractivity contribution >= 4 is 21.4 Å². The van der Waals surface area contributed by atoms with Gasteiger partial charge in [0, 0.05) is 18.9 Å². The molecule has 6 nitrogen and oxygen atoms in total. The Hall–Kier alpha value is -1.89. The summed E-state index contributed by atoms with van der Waals surface area (Å²) in [6, 6.07) is 1.80. The van der Waals surface area contributed by atoms with E-state index in [0.717, 1.165) is 28.1 Å². The molecule has 3 aromatic heterocycles. The van der Waals surface area contributed by atoms with E-state index in [-0.39, 0.29) is 5.56 Å². The van der Waals surface area contributed by atoms with Crippen LogP contribution in [-0.4, -0.2) is 24.0 Å². The van der Waals surface area contributed by atoms with E-state index in [1.165, 1.54) is 0 Å². The molecule has 0 aliphatic heterocycles. The van der Waals surface area contributed by atoms with Crippen LogP contribution in [0.15, 0.2) is 27.7 Å². The molecular weight excluding hydrogens is 334 g/mol. The molecule has 0 aromatic carbocycles. The molecule has 7 heteroatoms. The number of aromatic nitrogens is 5. The van der Waals surface area contributed by atoms with E-state index in [4.69, 9.17) is 0 Å². The number of hydrogen-bond acceptors (Lipinski definition) is 3. The predicted octanol–water partition coefficient (Wildman–Crippen LogP) is 2.14. The second-order valence-corrected chi connectivity index (χ2v) is 5.80. The largest absolute Gasteiger partial charge is 0.306 e. The van der Waals surface area contributed by atoms with Crippen molar-refractivity contribution in [2.75, 3.05) is 0 Å². The van der Waals surface area contributed by atoms with Gasteiger partial charge in [0.25, 0.3) is 5.56 Å². The Morgan fingerprint density at radius 1 is 1.24 bits per heavy atom. The average molecular weight is 350 g/mol. The van der Waals surface area contributed by atoms with E-state index in [0.29, 0.717) is 12.1 Å². The van der Waals surface area contributed by atoms with Gasteiger partial charge < -0.3 is 4.57 Å². The van der Waals surface area contributed by atoms with Crippen LogP contribution in [0.4, 0.5) is 0 Å². The molecule has 0 bridgehead atoms. The van der Waals surface area contributed by atoms with Crippen LogP contribution in [0.25, 0.3) is 5.52 Å². The van der Waals surface area contributed by atoms with Gasteiger partial charge in [-0.2, -0.15) is 10.2 Å². The lowest BCUT2D eigenvalue weighted by atomic mass is 10.3. The molecule has 3 rings (SSSR count). The molecule has 0 aliphatic rings. The zero-order valence-corrected chi connectivity index (χ0v) is 13.8. The molecular formula is C14H16BrN5O. The lowest BCUT2D eigenvalue weighted by Gasteiger charge is -2.08. The minimum absolute atomic E-state index is 0.0495. The smallest absolute Gasteiger partial charge is 0.276 e. The quantitative estimate of drug-likeness (QED) is 0.727. The van der Waals surface area contributed by atoms with Crippen LogP contribution in [0.5, 0.6) is 0 Å². The highest BCUT2D eigenvalue weighted by molar-refractivity contribution is 9.10. The summed E-state index contributed by atoms with van der Waals surface area (Å²) in [5, 5.41) is 8.71. The Labute approximate surface area is 130 Å². The Balaban J connectivity index is 2.10. The minimum Gasteiger partial charge on any atom is -0.306 e. The maximum absolute atomic E-state index is 12.5. The van der Waals surface area contributed by atoms with Crippen molar-refractivity contribution in [1.82, 2.24) is 24.0 Å². The monoisotopic (exact) mass is 349 g/mol. The topological polar surface area (TPSA) is 57.1 Å². The van der Waals surface area contributed by atoms with E-state index in [2.05, 4.69) is 26.1 Å². The standard InChI is InChI=1S/C14H16BrN5O/c1-4-19-12(13(15)10(3)17-19)8-18-5-6-20-11(14(18)21)7-9(2)16-20/h5-7H,4,8H2,1-3H3. The highest BCUT2D eigenvalue weighted by Crippen LogP contribution is 2.21. The third kappa shape index (κ3) is 2.31. The van der Waals surface area contributed by atoms with Crippen LogP contribution in [0.2, 0.25) is 0 Å². The molecule has 0 amide bonds. The summed E-state index contributed by atoms with van der Waals surface area (Å²) in [5.74, 6) is 0. The summed E-state index contributed by atoms with van der Waals surface area (Å²) in [6.07, 6.45) is 3.56. The summed E-state index contributed by atoms with van der Waals surface area (Å²) < 4.78 is 6.17. The first kappa shape index (κ1) is 14.1. The summed E-state index contributed by atoms with van der Waals surface area (Å²) in [7, 11) is 0. The number of nitrogens with zero attached hydrogens (tertiary/aromatic N) is 5. The predicted molar refractivity (Wildman–Crippen MR) is 83.6 cm³/mol. The van der Waals surface area contributed by atoms with E-state index in [1.807, 2.05) is 25.5 Å². The van der Waals surface area contributed by atoms with E-state index in [9.17, 15) is 4.79 Å². The second kappa shape index (κ2) is 5.14. The Bertz CT molecular complexity index is 873. The third-order valence-electron chi connectivity index (χ3n) is 3.50. The minimum atomic E-state index is -0.0495. The van der Waals surface area contributed by atoms with Gasteiger partial charge in [-0.1, -0.05) is 0 Å². The van der Waals surface area contributed by atoms with Gasteiger partial charge in [-0.15, -0.1) is 0 Å². The fourth-order valence-electron chi connectivity index (χ4n) is 2.45. The highest BCUT2D eigenvalue weighted by atomic mass is 79.9. The molecule has 3 heterocycles.